The highest BCUT2D eigenvalue weighted by Crippen LogP contribution is 2.13. The summed E-state index contributed by atoms with van der Waals surface area (Å²) in [6, 6.07) is 4.18. The Hall–Kier alpha value is -1.35. The summed E-state index contributed by atoms with van der Waals surface area (Å²) < 4.78 is 0. The molecule has 0 aromatic carbocycles. The lowest BCUT2D eigenvalue weighted by molar-refractivity contribution is 0.424. The highest BCUT2D eigenvalue weighted by atomic mass is 15.2. The number of hydrogen-bond donors (Lipinski definition) is 1. The van der Waals surface area contributed by atoms with Gasteiger partial charge in [0.25, 0.3) is 0 Å². The number of pyridine rings is 1. The zero-order chi connectivity index (χ0) is 13.8. The molecule has 18 heavy (non-hydrogen) atoms. The van der Waals surface area contributed by atoms with Gasteiger partial charge in [-0.05, 0) is 45.4 Å². The summed E-state index contributed by atoms with van der Waals surface area (Å²) in [5.41, 5.74) is 2.52. The molecule has 0 saturated heterocycles. The number of nitrogens with one attached hydrogen (secondary N) is 1. The van der Waals surface area contributed by atoms with Crippen LogP contribution in [-0.4, -0.2) is 24.1 Å². The summed E-state index contributed by atoms with van der Waals surface area (Å²) in [6.45, 7) is 14.2. The number of rotatable bonds is 5. The van der Waals surface area contributed by atoms with Gasteiger partial charge in [0.1, 0.15) is 5.82 Å². The van der Waals surface area contributed by atoms with Crippen LogP contribution in [0.2, 0.25) is 0 Å². The minimum atomic E-state index is 0.132. The minimum absolute atomic E-state index is 0.132. The second-order valence-corrected chi connectivity index (χ2v) is 5.94. The van der Waals surface area contributed by atoms with E-state index in [1.54, 1.807) is 0 Å². The lowest BCUT2D eigenvalue weighted by Crippen LogP contribution is -2.35. The van der Waals surface area contributed by atoms with Gasteiger partial charge in [-0.25, -0.2) is 4.98 Å². The van der Waals surface area contributed by atoms with E-state index >= 15 is 0 Å². The number of nitrogens with zero attached hydrogens (tertiary/aromatic N) is 2. The topological polar surface area (TPSA) is 28.2 Å². The van der Waals surface area contributed by atoms with Crippen molar-refractivity contribution in [1.29, 1.82) is 0 Å². The van der Waals surface area contributed by atoms with Gasteiger partial charge in [-0.3, -0.25) is 0 Å². The largest absolute Gasteiger partial charge is 0.356 e. The molecule has 0 spiro atoms. The van der Waals surface area contributed by atoms with E-state index in [1.807, 2.05) is 20.2 Å². The highest BCUT2D eigenvalue weighted by Gasteiger charge is 2.09. The second-order valence-electron chi connectivity index (χ2n) is 5.94. The molecule has 0 aliphatic rings. The molecule has 3 nitrogen and oxygen atoms in total. The van der Waals surface area contributed by atoms with Crippen LogP contribution in [0.3, 0.4) is 0 Å². The third-order valence-electron chi connectivity index (χ3n) is 2.53. The van der Waals surface area contributed by atoms with Crippen LogP contribution in [0.1, 0.15) is 33.3 Å². The maximum atomic E-state index is 4.39. The van der Waals surface area contributed by atoms with Crippen LogP contribution in [0.15, 0.2) is 30.5 Å². The number of aromatic nitrogens is 1. The van der Waals surface area contributed by atoms with E-state index in [2.05, 4.69) is 54.7 Å². The maximum absolute atomic E-state index is 4.39. The van der Waals surface area contributed by atoms with Crippen LogP contribution in [-0.2, 0) is 6.54 Å². The van der Waals surface area contributed by atoms with Gasteiger partial charge in [0.15, 0.2) is 0 Å². The zero-order valence-electron chi connectivity index (χ0n) is 12.2. The highest BCUT2D eigenvalue weighted by molar-refractivity contribution is 5.41. The number of hydrogen-bond acceptors (Lipinski definition) is 3. The summed E-state index contributed by atoms with van der Waals surface area (Å²) in [7, 11) is 2.04. The predicted molar refractivity (Wildman–Crippen MR) is 78.9 cm³/mol. The molecule has 3 heteroatoms. The van der Waals surface area contributed by atoms with Crippen LogP contribution in [0.4, 0.5) is 5.82 Å². The van der Waals surface area contributed by atoms with E-state index in [4.69, 9.17) is 0 Å². The molecule has 1 heterocycles. The standard InChI is InChI=1S/C15H25N3/c1-12(2)11-18(6)14-9-13(7-8-16-14)10-17-15(3,4)5/h7-9,17H,1,10-11H2,2-6H3. The average molecular weight is 247 g/mol. The normalized spacial score (nSPS) is 11.4. The van der Waals surface area contributed by atoms with E-state index in [0.717, 1.165) is 24.5 Å². The summed E-state index contributed by atoms with van der Waals surface area (Å²) in [5, 5.41) is 3.48. The third-order valence-corrected chi connectivity index (χ3v) is 2.53. The van der Waals surface area contributed by atoms with Gasteiger partial charge in [-0.1, -0.05) is 12.2 Å². The van der Waals surface area contributed by atoms with Crippen molar-refractivity contribution in [3.8, 4) is 0 Å². The van der Waals surface area contributed by atoms with Gasteiger partial charge in [-0.2, -0.15) is 0 Å². The summed E-state index contributed by atoms with van der Waals surface area (Å²) in [6.07, 6.45) is 1.87. The summed E-state index contributed by atoms with van der Waals surface area (Å²) in [4.78, 5) is 6.51. The summed E-state index contributed by atoms with van der Waals surface area (Å²) >= 11 is 0. The first-order valence-corrected chi connectivity index (χ1v) is 6.33. The zero-order valence-corrected chi connectivity index (χ0v) is 12.2. The molecule has 1 rings (SSSR count). The molecule has 0 aliphatic carbocycles. The lowest BCUT2D eigenvalue weighted by Gasteiger charge is -2.22. The van der Waals surface area contributed by atoms with Crippen molar-refractivity contribution >= 4 is 5.82 Å². The van der Waals surface area contributed by atoms with Crippen LogP contribution in [0.5, 0.6) is 0 Å². The van der Waals surface area contributed by atoms with E-state index in [0.29, 0.717) is 0 Å². The summed E-state index contributed by atoms with van der Waals surface area (Å²) in [5.74, 6) is 0.992. The predicted octanol–water partition coefficient (Wildman–Crippen LogP) is 2.98. The molecule has 0 fully saturated rings. The van der Waals surface area contributed by atoms with Crippen molar-refractivity contribution in [2.24, 2.45) is 0 Å². The molecule has 0 bridgehead atoms. The Morgan fingerprint density at radius 2 is 2.11 bits per heavy atom. The first-order chi connectivity index (χ1) is 8.28. The van der Waals surface area contributed by atoms with Crippen molar-refractivity contribution in [3.05, 3.63) is 36.0 Å². The monoisotopic (exact) mass is 247 g/mol. The first kappa shape index (κ1) is 14.7. The van der Waals surface area contributed by atoms with Crippen molar-refractivity contribution in [2.45, 2.75) is 39.8 Å². The van der Waals surface area contributed by atoms with E-state index in [9.17, 15) is 0 Å². The molecule has 0 aliphatic heterocycles. The Balaban J connectivity index is 2.70. The Bertz CT molecular complexity index is 404. The number of likely N-dealkylation sites (N-methyl/N-ethyl adjacent to an activating group) is 1. The van der Waals surface area contributed by atoms with Crippen LogP contribution < -0.4 is 10.2 Å². The van der Waals surface area contributed by atoms with Gasteiger partial charge in [0.05, 0.1) is 0 Å². The van der Waals surface area contributed by atoms with Gasteiger partial charge in [-0.15, -0.1) is 0 Å². The molecular formula is C15H25N3. The van der Waals surface area contributed by atoms with Gasteiger partial charge in [0.2, 0.25) is 0 Å². The number of anilines is 1. The lowest BCUT2D eigenvalue weighted by atomic mass is 10.1. The fourth-order valence-electron chi connectivity index (χ4n) is 1.63. The molecule has 1 N–H and O–H groups in total. The molecule has 100 valence electrons. The molecular weight excluding hydrogens is 222 g/mol. The first-order valence-electron chi connectivity index (χ1n) is 6.33. The molecule has 1 aromatic heterocycles. The van der Waals surface area contributed by atoms with Gasteiger partial charge in [0, 0.05) is 31.9 Å². The fourth-order valence-corrected chi connectivity index (χ4v) is 1.63. The third kappa shape index (κ3) is 5.32. The minimum Gasteiger partial charge on any atom is -0.356 e. The van der Waals surface area contributed by atoms with E-state index < -0.39 is 0 Å². The van der Waals surface area contributed by atoms with Gasteiger partial charge >= 0.3 is 0 Å². The fraction of sp³-hybridized carbons (Fsp3) is 0.533. The molecule has 1 aromatic rings. The quantitative estimate of drug-likeness (QED) is 0.811. The van der Waals surface area contributed by atoms with Crippen molar-refractivity contribution in [1.82, 2.24) is 10.3 Å². The molecule has 0 amide bonds. The van der Waals surface area contributed by atoms with Gasteiger partial charge < -0.3 is 10.2 Å². The van der Waals surface area contributed by atoms with Crippen LogP contribution in [0, 0.1) is 0 Å². The Morgan fingerprint density at radius 3 is 2.67 bits per heavy atom. The van der Waals surface area contributed by atoms with E-state index in [-0.39, 0.29) is 5.54 Å². The smallest absolute Gasteiger partial charge is 0.128 e. The molecule has 0 radical (unpaired) electrons. The molecule has 0 atom stereocenters. The Morgan fingerprint density at radius 1 is 1.44 bits per heavy atom. The van der Waals surface area contributed by atoms with Crippen molar-refractivity contribution in [2.75, 3.05) is 18.5 Å². The van der Waals surface area contributed by atoms with Crippen molar-refractivity contribution < 1.29 is 0 Å². The molecule has 0 unspecified atom stereocenters. The Kier molecular flexibility index (Phi) is 4.91. The van der Waals surface area contributed by atoms with E-state index in [1.165, 1.54) is 5.56 Å². The van der Waals surface area contributed by atoms with Crippen LogP contribution >= 0.6 is 0 Å². The Labute approximate surface area is 111 Å². The van der Waals surface area contributed by atoms with Crippen molar-refractivity contribution in [3.63, 3.8) is 0 Å². The average Bonchev–Trinajstić information content (AvgIpc) is 2.25. The molecule has 0 saturated carbocycles. The second kappa shape index (κ2) is 6.01. The SMILES string of the molecule is C=C(C)CN(C)c1cc(CNC(C)(C)C)ccn1. The van der Waals surface area contributed by atoms with Crippen LogP contribution in [0.25, 0.3) is 0 Å². The maximum Gasteiger partial charge on any atom is 0.128 e.